The van der Waals surface area contributed by atoms with Gasteiger partial charge in [0.25, 0.3) is 0 Å². The van der Waals surface area contributed by atoms with Gasteiger partial charge in [0.05, 0.1) is 12.8 Å². The van der Waals surface area contributed by atoms with E-state index in [-0.39, 0.29) is 17.6 Å². The molecule has 2 heterocycles. The van der Waals surface area contributed by atoms with Crippen molar-refractivity contribution in [1.82, 2.24) is 9.88 Å². The Morgan fingerprint density at radius 3 is 3.00 bits per heavy atom. The number of methoxy groups -OCH3 is 1. The van der Waals surface area contributed by atoms with Crippen LogP contribution < -0.4 is 10.1 Å². The summed E-state index contributed by atoms with van der Waals surface area (Å²) in [4.78, 5) is 29.2. The zero-order chi connectivity index (χ0) is 21.0. The number of nitrogens with one attached hydrogen (secondary N) is 1. The first-order valence-corrected chi connectivity index (χ1v) is 11.3. The molecule has 29 heavy (non-hydrogen) atoms. The van der Waals surface area contributed by atoms with Crippen LogP contribution in [-0.2, 0) is 4.79 Å². The van der Waals surface area contributed by atoms with Gasteiger partial charge in [-0.05, 0) is 25.0 Å². The Labute approximate surface area is 182 Å². The highest BCUT2D eigenvalue weighted by Gasteiger charge is 2.30. The maximum absolute atomic E-state index is 12.3. The second-order valence-corrected chi connectivity index (χ2v) is 9.22. The van der Waals surface area contributed by atoms with Crippen molar-refractivity contribution in [3.63, 3.8) is 0 Å². The topological polar surface area (TPSA) is 91.8 Å². The average Bonchev–Trinajstić information content (AvgIpc) is 3.30. The fraction of sp³-hybridized carbons (Fsp3) is 0.421. The van der Waals surface area contributed by atoms with Gasteiger partial charge in [-0.2, -0.15) is 0 Å². The van der Waals surface area contributed by atoms with Gasteiger partial charge < -0.3 is 20.1 Å². The molecule has 0 saturated carbocycles. The minimum absolute atomic E-state index is 0.0593. The van der Waals surface area contributed by atoms with Crippen LogP contribution in [0.15, 0.2) is 21.9 Å². The van der Waals surface area contributed by atoms with Gasteiger partial charge in [0.2, 0.25) is 5.91 Å². The number of amides is 1. The van der Waals surface area contributed by atoms with Crippen LogP contribution in [0, 0.1) is 6.92 Å². The molecule has 0 bridgehead atoms. The van der Waals surface area contributed by atoms with E-state index >= 15 is 0 Å². The number of thiazole rings is 1. The summed E-state index contributed by atoms with van der Waals surface area (Å²) in [5.41, 5.74) is 1.87. The van der Waals surface area contributed by atoms with Crippen LogP contribution in [0.5, 0.6) is 5.75 Å². The van der Waals surface area contributed by atoms with Crippen molar-refractivity contribution in [1.29, 1.82) is 0 Å². The zero-order valence-electron chi connectivity index (χ0n) is 16.1. The number of hydrogen-bond donors (Lipinski definition) is 2. The molecule has 1 fully saturated rings. The van der Waals surface area contributed by atoms with Crippen molar-refractivity contribution in [3.05, 3.63) is 33.8 Å². The number of aromatic carboxylic acids is 1. The lowest BCUT2D eigenvalue weighted by molar-refractivity contribution is -0.128. The number of nitrogens with zero attached hydrogens (tertiary/aromatic N) is 2. The fourth-order valence-corrected chi connectivity index (χ4v) is 5.13. The Morgan fingerprint density at radius 2 is 2.31 bits per heavy atom. The SMILES string of the molecule is COc1cc(Cl)c(C)cc1NCC1CCC(=O)N1CCSc1nc(C(=O)O)cs1. The summed E-state index contributed by atoms with van der Waals surface area (Å²) in [7, 11) is 1.60. The number of benzene rings is 1. The Morgan fingerprint density at radius 1 is 1.52 bits per heavy atom. The lowest BCUT2D eigenvalue weighted by Crippen LogP contribution is -2.39. The third kappa shape index (κ3) is 5.34. The summed E-state index contributed by atoms with van der Waals surface area (Å²) in [5, 5.41) is 14.5. The van der Waals surface area contributed by atoms with E-state index < -0.39 is 5.97 Å². The number of carbonyl (C=O) groups excluding carboxylic acids is 1. The summed E-state index contributed by atoms with van der Waals surface area (Å²) in [6.45, 7) is 3.15. The fourth-order valence-electron chi connectivity index (χ4n) is 3.16. The van der Waals surface area contributed by atoms with Gasteiger partial charge in [0.15, 0.2) is 10.0 Å². The Bertz CT molecular complexity index is 906. The van der Waals surface area contributed by atoms with Gasteiger partial charge in [-0.15, -0.1) is 11.3 Å². The Hall–Kier alpha value is -1.97. The molecular formula is C19H22ClN3O4S2. The summed E-state index contributed by atoms with van der Waals surface area (Å²) in [6.07, 6.45) is 1.33. The van der Waals surface area contributed by atoms with Crippen molar-refractivity contribution >= 4 is 52.3 Å². The first-order valence-electron chi connectivity index (χ1n) is 9.08. The lowest BCUT2D eigenvalue weighted by atomic mass is 10.1. The van der Waals surface area contributed by atoms with E-state index in [9.17, 15) is 9.59 Å². The van der Waals surface area contributed by atoms with Crippen LogP contribution in [0.1, 0.15) is 28.9 Å². The molecule has 1 aromatic carbocycles. The largest absolute Gasteiger partial charge is 0.495 e. The highest BCUT2D eigenvalue weighted by Crippen LogP contribution is 2.32. The van der Waals surface area contributed by atoms with Crippen LogP contribution in [-0.4, -0.2) is 58.9 Å². The molecule has 2 aromatic rings. The van der Waals surface area contributed by atoms with E-state index in [1.165, 1.54) is 28.5 Å². The minimum atomic E-state index is -1.03. The van der Waals surface area contributed by atoms with E-state index in [4.69, 9.17) is 21.4 Å². The molecule has 156 valence electrons. The summed E-state index contributed by atoms with van der Waals surface area (Å²) >= 11 is 8.94. The molecule has 1 atom stereocenters. The first kappa shape index (κ1) is 21.7. The second kappa shape index (κ2) is 9.69. The third-order valence-electron chi connectivity index (χ3n) is 4.72. The number of carboxylic acid groups (broad SMARTS) is 1. The van der Waals surface area contributed by atoms with Crippen LogP contribution >= 0.6 is 34.7 Å². The third-order valence-corrected chi connectivity index (χ3v) is 7.13. The molecule has 1 aliphatic heterocycles. The molecule has 0 spiro atoms. The number of likely N-dealkylation sites (tertiary alicyclic amines) is 1. The maximum atomic E-state index is 12.3. The highest BCUT2D eigenvalue weighted by atomic mass is 35.5. The molecule has 7 nitrogen and oxygen atoms in total. The van der Waals surface area contributed by atoms with Crippen LogP contribution in [0.2, 0.25) is 5.02 Å². The monoisotopic (exact) mass is 455 g/mol. The number of ether oxygens (including phenoxy) is 1. The van der Waals surface area contributed by atoms with Crippen molar-refractivity contribution < 1.29 is 19.4 Å². The molecule has 3 rings (SSSR count). The van der Waals surface area contributed by atoms with Gasteiger partial charge in [0, 0.05) is 47.8 Å². The van der Waals surface area contributed by atoms with Crippen LogP contribution in [0.3, 0.4) is 0 Å². The summed E-state index contributed by atoms with van der Waals surface area (Å²) in [6, 6.07) is 3.82. The molecule has 1 unspecified atom stereocenters. The number of halogens is 1. The van der Waals surface area contributed by atoms with Gasteiger partial charge in [0.1, 0.15) is 5.75 Å². The van der Waals surface area contributed by atoms with Gasteiger partial charge in [-0.1, -0.05) is 23.4 Å². The molecule has 1 amide bonds. The highest BCUT2D eigenvalue weighted by molar-refractivity contribution is 8.01. The number of aryl methyl sites for hydroxylation is 1. The number of carboxylic acids is 1. The van der Waals surface area contributed by atoms with E-state index in [1.54, 1.807) is 13.2 Å². The predicted octanol–water partition coefficient (Wildman–Crippen LogP) is 4.01. The first-order chi connectivity index (χ1) is 13.9. The van der Waals surface area contributed by atoms with Crippen molar-refractivity contribution in [2.45, 2.75) is 30.1 Å². The quantitative estimate of drug-likeness (QED) is 0.552. The number of anilines is 1. The average molecular weight is 456 g/mol. The van der Waals surface area contributed by atoms with E-state index in [2.05, 4.69) is 10.3 Å². The molecule has 10 heteroatoms. The van der Waals surface area contributed by atoms with Gasteiger partial charge >= 0.3 is 5.97 Å². The van der Waals surface area contributed by atoms with Gasteiger partial charge in [-0.25, -0.2) is 9.78 Å². The Balaban J connectivity index is 1.56. The number of aromatic nitrogens is 1. The Kier molecular flexibility index (Phi) is 7.26. The second-order valence-electron chi connectivity index (χ2n) is 6.61. The number of thioether (sulfide) groups is 1. The van der Waals surface area contributed by atoms with E-state index in [1.807, 2.05) is 17.9 Å². The smallest absolute Gasteiger partial charge is 0.355 e. The van der Waals surface area contributed by atoms with Crippen LogP contribution in [0.25, 0.3) is 0 Å². The maximum Gasteiger partial charge on any atom is 0.355 e. The van der Waals surface area contributed by atoms with E-state index in [0.29, 0.717) is 40.4 Å². The lowest BCUT2D eigenvalue weighted by Gasteiger charge is -2.25. The molecule has 0 aliphatic carbocycles. The van der Waals surface area contributed by atoms with Gasteiger partial charge in [-0.3, -0.25) is 4.79 Å². The number of rotatable bonds is 9. The zero-order valence-corrected chi connectivity index (χ0v) is 18.5. The van der Waals surface area contributed by atoms with Crippen molar-refractivity contribution in [3.8, 4) is 5.75 Å². The molecule has 1 aliphatic rings. The molecule has 1 saturated heterocycles. The summed E-state index contributed by atoms with van der Waals surface area (Å²) in [5.74, 6) is 0.451. The number of hydrogen-bond acceptors (Lipinski definition) is 7. The van der Waals surface area contributed by atoms with Crippen molar-refractivity contribution in [2.75, 3.05) is 31.3 Å². The summed E-state index contributed by atoms with van der Waals surface area (Å²) < 4.78 is 6.10. The minimum Gasteiger partial charge on any atom is -0.495 e. The standard InChI is InChI=1S/C19H22ClN3O4S2/c1-11-7-14(16(27-2)8-13(11)20)21-9-12-3-4-17(24)23(12)5-6-28-19-22-15(10-29-19)18(25)26/h7-8,10,12,21H,3-6,9H2,1-2H3,(H,25,26). The molecule has 2 N–H and O–H groups in total. The van der Waals surface area contributed by atoms with Crippen LogP contribution in [0.4, 0.5) is 5.69 Å². The normalized spacial score (nSPS) is 16.3. The molecule has 0 radical (unpaired) electrons. The molecule has 1 aromatic heterocycles. The van der Waals surface area contributed by atoms with Crippen molar-refractivity contribution in [2.24, 2.45) is 0 Å². The van der Waals surface area contributed by atoms with E-state index in [0.717, 1.165) is 17.7 Å². The number of carbonyl (C=O) groups is 2. The predicted molar refractivity (Wildman–Crippen MR) is 116 cm³/mol. The molecular weight excluding hydrogens is 434 g/mol.